The molecule has 0 saturated carbocycles. The second-order valence-corrected chi connectivity index (χ2v) is 12.1. The van der Waals surface area contributed by atoms with E-state index in [2.05, 4.69) is 0 Å². The van der Waals surface area contributed by atoms with Crippen molar-refractivity contribution in [2.75, 3.05) is 26.1 Å². The molecule has 12 heteroatoms. The number of aliphatic carboxylic acids is 1. The molecule has 5 N–H and O–H groups in total. The van der Waals surface area contributed by atoms with Gasteiger partial charge in [-0.25, -0.2) is 4.79 Å². The van der Waals surface area contributed by atoms with Gasteiger partial charge in [0, 0.05) is 35.3 Å². The minimum Gasteiger partial charge on any atom is -0.508 e. The van der Waals surface area contributed by atoms with Crippen LogP contribution in [0.15, 0.2) is 66.7 Å². The molecule has 2 fully saturated rings. The largest absolute Gasteiger partial charge is 0.508 e. The first-order chi connectivity index (χ1) is 23.7. The first kappa shape index (κ1) is 27.1. The lowest BCUT2D eigenvalue weighted by molar-refractivity contribution is -0.271. The van der Waals surface area contributed by atoms with E-state index in [9.17, 15) is 35.1 Å². The molecule has 0 aliphatic carbocycles. The number of aliphatic hydroxyl groups excluding tert-OH is 3. The molecule has 0 unspecified atom stereocenters. The van der Waals surface area contributed by atoms with Gasteiger partial charge in [-0.1, -0.05) is 6.42 Å². The summed E-state index contributed by atoms with van der Waals surface area (Å²) in [6.45, 7) is -4.21. The Balaban J connectivity index is 1.25. The minimum atomic E-state index is -2.68. The maximum atomic E-state index is 14.1. The number of nitrogens with zero attached hydrogens (tertiary/aromatic N) is 1. The number of carboxylic acid groups (broad SMARTS) is 1. The highest BCUT2D eigenvalue weighted by atomic mass is 32.1. The standard InChI is InChI=1S/C34H35NO10S/c36-21-8-13-24-25(18-21)46-32(20-6-11-23(12-7-20)44-34-30(40)28(38)29(39)31(45-34)33(41)42)26(24)27(37)19-4-9-22(10-5-19)43-17-16-35-14-2-1-3-15-35/h4-13,18,28-31,34,36,38-40H,1-3,14-17H2,(H,41,42)/t28-,29-,30+,31-,34+/m1/s1/i16D2,17D2. The zero-order valence-electron chi connectivity index (χ0n) is 28.4. The van der Waals surface area contributed by atoms with Crippen LogP contribution in [-0.2, 0) is 9.53 Å². The molecule has 3 heterocycles. The molecule has 242 valence electrons. The molecule has 2 saturated heterocycles. The summed E-state index contributed by atoms with van der Waals surface area (Å²) in [5.74, 6) is -1.73. The number of ether oxygens (including phenoxy) is 3. The molecule has 11 nitrogen and oxygen atoms in total. The van der Waals surface area contributed by atoms with Gasteiger partial charge in [0.25, 0.3) is 0 Å². The van der Waals surface area contributed by atoms with E-state index in [1.165, 1.54) is 64.8 Å². The Hall–Kier alpha value is -4.04. The van der Waals surface area contributed by atoms with Crippen LogP contribution in [0, 0.1) is 0 Å². The van der Waals surface area contributed by atoms with Crippen LogP contribution in [0.5, 0.6) is 17.2 Å². The van der Waals surface area contributed by atoms with Gasteiger partial charge in [-0.15, -0.1) is 11.3 Å². The number of fused-ring (bicyclic) bond motifs is 1. The summed E-state index contributed by atoms with van der Waals surface area (Å²) in [6, 6.07) is 16.6. The SMILES string of the molecule is [2H]C([2H])(Oc1ccc(C(=O)c2c(-c3ccc(O[C@H]4O[C@@H](C(=O)O)[C@H](O)[C@@H](O)[C@@H]4O)cc3)sc3cc(O)ccc23)cc1)C([2H])([2H])N1CCCCC1. The van der Waals surface area contributed by atoms with Crippen LogP contribution >= 0.6 is 11.3 Å². The first-order valence-corrected chi connectivity index (χ1v) is 15.5. The normalized spacial score (nSPS) is 25.6. The Bertz CT molecular complexity index is 1860. The number of hydrogen-bond donors (Lipinski definition) is 5. The monoisotopic (exact) mass is 653 g/mol. The molecule has 3 aromatic carbocycles. The predicted molar refractivity (Wildman–Crippen MR) is 170 cm³/mol. The summed E-state index contributed by atoms with van der Waals surface area (Å²) in [6.07, 6.45) is -6.36. The number of carbonyl (C=O) groups is 2. The zero-order valence-corrected chi connectivity index (χ0v) is 25.2. The van der Waals surface area contributed by atoms with Gasteiger partial charge in [0.15, 0.2) is 11.9 Å². The molecular formula is C34H35NO10S. The van der Waals surface area contributed by atoms with Crippen molar-refractivity contribution in [3.63, 3.8) is 0 Å². The third-order valence-corrected chi connectivity index (χ3v) is 9.13. The molecule has 5 atom stereocenters. The molecule has 4 aromatic rings. The van der Waals surface area contributed by atoms with Crippen molar-refractivity contribution < 1.29 is 54.8 Å². The number of ketones is 1. The Morgan fingerprint density at radius 1 is 0.913 bits per heavy atom. The van der Waals surface area contributed by atoms with E-state index in [1.807, 2.05) is 0 Å². The molecule has 46 heavy (non-hydrogen) atoms. The Labute approximate surface area is 274 Å². The summed E-state index contributed by atoms with van der Waals surface area (Å²) in [4.78, 5) is 27.5. The second-order valence-electron chi connectivity index (χ2n) is 11.1. The molecule has 0 amide bonds. The lowest BCUT2D eigenvalue weighted by Gasteiger charge is -2.38. The first-order valence-electron chi connectivity index (χ1n) is 16.7. The van der Waals surface area contributed by atoms with Crippen molar-refractivity contribution in [3.05, 3.63) is 77.9 Å². The van der Waals surface area contributed by atoms with Gasteiger partial charge in [-0.05, 0) is 98.2 Å². The van der Waals surface area contributed by atoms with Gasteiger partial charge in [0.2, 0.25) is 6.29 Å². The number of rotatable bonds is 10. The number of piperidine rings is 1. The van der Waals surface area contributed by atoms with Crippen LogP contribution in [0.3, 0.4) is 0 Å². The summed E-state index contributed by atoms with van der Waals surface area (Å²) >= 11 is 1.25. The van der Waals surface area contributed by atoms with Gasteiger partial charge in [0.05, 0.1) is 2.74 Å². The van der Waals surface area contributed by atoms with Crippen LogP contribution < -0.4 is 9.47 Å². The van der Waals surface area contributed by atoms with Crippen LogP contribution in [0.2, 0.25) is 0 Å². The second kappa shape index (κ2) is 13.8. The van der Waals surface area contributed by atoms with Crippen LogP contribution in [-0.4, -0.2) is 99.0 Å². The minimum absolute atomic E-state index is 0.00578. The topological polar surface area (TPSA) is 166 Å². The van der Waals surface area contributed by atoms with Crippen molar-refractivity contribution in [3.8, 4) is 27.7 Å². The molecule has 0 radical (unpaired) electrons. The van der Waals surface area contributed by atoms with Crippen molar-refractivity contribution in [2.24, 2.45) is 0 Å². The average molecular weight is 654 g/mol. The van der Waals surface area contributed by atoms with Crippen LogP contribution in [0.25, 0.3) is 20.5 Å². The fourth-order valence-corrected chi connectivity index (χ4v) is 6.69. The lowest BCUT2D eigenvalue weighted by Crippen LogP contribution is -2.61. The van der Waals surface area contributed by atoms with E-state index in [0.29, 0.717) is 39.2 Å². The quantitative estimate of drug-likeness (QED) is 0.159. The number of hydrogen-bond acceptors (Lipinski definition) is 11. The van der Waals surface area contributed by atoms with Crippen molar-refractivity contribution in [1.29, 1.82) is 0 Å². The number of aliphatic hydroxyl groups is 3. The molecular weight excluding hydrogens is 614 g/mol. The molecule has 1 aromatic heterocycles. The maximum Gasteiger partial charge on any atom is 0.335 e. The molecule has 6 rings (SSSR count). The van der Waals surface area contributed by atoms with Crippen molar-refractivity contribution in [1.82, 2.24) is 4.90 Å². The predicted octanol–water partition coefficient (Wildman–Crippen LogP) is 3.64. The van der Waals surface area contributed by atoms with E-state index in [1.54, 1.807) is 18.2 Å². The van der Waals surface area contributed by atoms with Crippen molar-refractivity contribution >= 4 is 33.2 Å². The number of phenols is 1. The number of likely N-dealkylation sites (tertiary alicyclic amines) is 1. The fraction of sp³-hybridized carbons (Fsp3) is 0.353. The summed E-state index contributed by atoms with van der Waals surface area (Å²) in [5, 5.41) is 50.4. The fourth-order valence-electron chi connectivity index (χ4n) is 5.45. The van der Waals surface area contributed by atoms with E-state index in [0.717, 1.165) is 19.3 Å². The number of benzene rings is 3. The molecule has 2 aliphatic heterocycles. The number of phenolic OH excluding ortho intramolecular Hbond substituents is 1. The Morgan fingerprint density at radius 3 is 2.30 bits per heavy atom. The maximum absolute atomic E-state index is 14.1. The van der Waals surface area contributed by atoms with E-state index >= 15 is 0 Å². The van der Waals surface area contributed by atoms with Gasteiger partial charge in [0.1, 0.15) is 42.1 Å². The van der Waals surface area contributed by atoms with Gasteiger partial charge in [-0.2, -0.15) is 0 Å². The smallest absolute Gasteiger partial charge is 0.335 e. The highest BCUT2D eigenvalue weighted by Gasteiger charge is 2.48. The lowest BCUT2D eigenvalue weighted by atomic mass is 9.97. The molecule has 2 aliphatic rings. The number of aromatic hydroxyl groups is 1. The summed E-state index contributed by atoms with van der Waals surface area (Å²) in [7, 11) is 0. The van der Waals surface area contributed by atoms with Crippen LogP contribution in [0.4, 0.5) is 0 Å². The van der Waals surface area contributed by atoms with Gasteiger partial charge in [-0.3, -0.25) is 9.69 Å². The third-order valence-electron chi connectivity index (χ3n) is 7.93. The number of carbonyl (C=O) groups excluding carboxylic acids is 1. The van der Waals surface area contributed by atoms with E-state index in [4.69, 9.17) is 19.7 Å². The molecule has 0 spiro atoms. The zero-order chi connectivity index (χ0) is 36.0. The van der Waals surface area contributed by atoms with E-state index in [-0.39, 0.29) is 28.6 Å². The van der Waals surface area contributed by atoms with Crippen LogP contribution in [0.1, 0.15) is 40.7 Å². The summed E-state index contributed by atoms with van der Waals surface area (Å²) in [5.41, 5.74) is 1.16. The highest BCUT2D eigenvalue weighted by molar-refractivity contribution is 7.22. The van der Waals surface area contributed by atoms with Gasteiger partial charge < -0.3 is 39.7 Å². The Morgan fingerprint density at radius 2 is 1.61 bits per heavy atom. The third kappa shape index (κ3) is 6.73. The van der Waals surface area contributed by atoms with Gasteiger partial charge >= 0.3 is 5.97 Å². The highest BCUT2D eigenvalue weighted by Crippen LogP contribution is 2.42. The average Bonchev–Trinajstić information content (AvgIpc) is 3.47. The number of carboxylic acids is 1. The number of thiophene rings is 1. The summed E-state index contributed by atoms with van der Waals surface area (Å²) < 4.78 is 50.6. The van der Waals surface area contributed by atoms with Crippen molar-refractivity contribution in [2.45, 2.75) is 50.0 Å². The van der Waals surface area contributed by atoms with E-state index < -0.39 is 49.7 Å². The Kier molecular flexibility index (Phi) is 8.11. The molecule has 0 bridgehead atoms.